The van der Waals surface area contributed by atoms with E-state index in [0.29, 0.717) is 6.10 Å². The average molecular weight is 298 g/mol. The average Bonchev–Trinajstić information content (AvgIpc) is 2.29. The van der Waals surface area contributed by atoms with Gasteiger partial charge in [-0.3, -0.25) is 0 Å². The van der Waals surface area contributed by atoms with E-state index in [4.69, 9.17) is 10.5 Å². The van der Waals surface area contributed by atoms with Crippen molar-refractivity contribution in [2.75, 3.05) is 5.73 Å². The monoisotopic (exact) mass is 297 g/mol. The predicted octanol–water partition coefficient (Wildman–Crippen LogP) is 4.23. The number of ether oxygens (including phenoxy) is 1. The fourth-order valence-corrected chi connectivity index (χ4v) is 2.74. The third kappa shape index (κ3) is 3.15. The summed E-state index contributed by atoms with van der Waals surface area (Å²) in [5.41, 5.74) is 6.53. The van der Waals surface area contributed by atoms with E-state index in [1.54, 1.807) is 0 Å². The minimum Gasteiger partial charge on any atom is -0.489 e. The van der Waals surface area contributed by atoms with Crippen molar-refractivity contribution in [3.05, 3.63) is 22.7 Å². The van der Waals surface area contributed by atoms with Crippen LogP contribution in [0.15, 0.2) is 22.7 Å². The summed E-state index contributed by atoms with van der Waals surface area (Å²) in [5.74, 6) is 2.43. The molecule has 1 aromatic rings. The fraction of sp³-hybridized carbons (Fsp3) is 0.571. The summed E-state index contributed by atoms with van der Waals surface area (Å²) in [5, 5.41) is 0. The predicted molar refractivity (Wildman–Crippen MR) is 75.1 cm³/mol. The molecule has 1 aliphatic carbocycles. The zero-order chi connectivity index (χ0) is 12.4. The van der Waals surface area contributed by atoms with E-state index in [2.05, 4.69) is 29.8 Å². The van der Waals surface area contributed by atoms with Crippen LogP contribution in [0.2, 0.25) is 0 Å². The Kier molecular flexibility index (Phi) is 3.97. The van der Waals surface area contributed by atoms with Crippen molar-refractivity contribution >= 4 is 21.6 Å². The Morgan fingerprint density at radius 2 is 2.00 bits per heavy atom. The molecule has 1 saturated carbocycles. The largest absolute Gasteiger partial charge is 0.489 e. The van der Waals surface area contributed by atoms with Gasteiger partial charge in [0.2, 0.25) is 0 Å². The highest BCUT2D eigenvalue weighted by molar-refractivity contribution is 9.10. The van der Waals surface area contributed by atoms with Crippen LogP contribution in [0.25, 0.3) is 0 Å². The maximum atomic E-state index is 6.06. The first kappa shape index (κ1) is 12.7. The molecule has 1 aliphatic rings. The topological polar surface area (TPSA) is 35.2 Å². The smallest absolute Gasteiger partial charge is 0.135 e. The van der Waals surface area contributed by atoms with Gasteiger partial charge in [-0.25, -0.2) is 0 Å². The van der Waals surface area contributed by atoms with Crippen LogP contribution in [-0.2, 0) is 0 Å². The SMILES string of the molecule is CC1CCC(Oc2cc(N)ccc2Br)CC1C. The fourth-order valence-electron chi connectivity index (χ4n) is 2.39. The first-order valence-corrected chi connectivity index (χ1v) is 7.07. The minimum absolute atomic E-state index is 0.333. The Morgan fingerprint density at radius 3 is 2.71 bits per heavy atom. The second kappa shape index (κ2) is 5.30. The lowest BCUT2D eigenvalue weighted by molar-refractivity contribution is 0.1000. The molecule has 3 heteroatoms. The quantitative estimate of drug-likeness (QED) is 0.829. The summed E-state index contributed by atoms with van der Waals surface area (Å²) < 4.78 is 7.04. The van der Waals surface area contributed by atoms with Crippen molar-refractivity contribution in [1.29, 1.82) is 0 Å². The van der Waals surface area contributed by atoms with E-state index in [0.717, 1.165) is 40.6 Å². The van der Waals surface area contributed by atoms with Crippen LogP contribution in [0.5, 0.6) is 5.75 Å². The molecule has 0 saturated heterocycles. The summed E-state index contributed by atoms with van der Waals surface area (Å²) in [6, 6.07) is 5.72. The van der Waals surface area contributed by atoms with E-state index in [1.165, 1.54) is 6.42 Å². The van der Waals surface area contributed by atoms with Crippen LogP contribution in [0.3, 0.4) is 0 Å². The van der Waals surface area contributed by atoms with E-state index in [9.17, 15) is 0 Å². The molecule has 2 nitrogen and oxygen atoms in total. The van der Waals surface area contributed by atoms with Gasteiger partial charge in [-0.2, -0.15) is 0 Å². The molecular weight excluding hydrogens is 278 g/mol. The van der Waals surface area contributed by atoms with E-state index >= 15 is 0 Å². The van der Waals surface area contributed by atoms with Crippen LogP contribution in [-0.4, -0.2) is 6.10 Å². The van der Waals surface area contributed by atoms with Crippen molar-refractivity contribution in [1.82, 2.24) is 0 Å². The molecule has 0 heterocycles. The van der Waals surface area contributed by atoms with E-state index < -0.39 is 0 Å². The van der Waals surface area contributed by atoms with Gasteiger partial charge in [0.15, 0.2) is 0 Å². The Hall–Kier alpha value is -0.700. The molecular formula is C14H20BrNO. The van der Waals surface area contributed by atoms with Gasteiger partial charge < -0.3 is 10.5 Å². The first-order valence-electron chi connectivity index (χ1n) is 6.28. The van der Waals surface area contributed by atoms with Gasteiger partial charge in [0.05, 0.1) is 10.6 Å². The van der Waals surface area contributed by atoms with Gasteiger partial charge in [0.1, 0.15) is 5.75 Å². The molecule has 3 atom stereocenters. The molecule has 0 amide bonds. The molecule has 94 valence electrons. The van der Waals surface area contributed by atoms with Crippen molar-refractivity contribution < 1.29 is 4.74 Å². The highest BCUT2D eigenvalue weighted by atomic mass is 79.9. The summed E-state index contributed by atoms with van der Waals surface area (Å²) in [4.78, 5) is 0. The maximum absolute atomic E-state index is 6.06. The molecule has 2 N–H and O–H groups in total. The molecule has 0 bridgehead atoms. The molecule has 3 unspecified atom stereocenters. The summed E-state index contributed by atoms with van der Waals surface area (Å²) in [6.07, 6.45) is 3.88. The number of benzene rings is 1. The lowest BCUT2D eigenvalue weighted by atomic mass is 9.80. The number of halogens is 1. The van der Waals surface area contributed by atoms with Gasteiger partial charge in [-0.05, 0) is 59.2 Å². The van der Waals surface area contributed by atoms with Crippen molar-refractivity contribution in [2.45, 2.75) is 39.2 Å². The number of hydrogen-bond donors (Lipinski definition) is 1. The number of hydrogen-bond acceptors (Lipinski definition) is 2. The molecule has 2 rings (SSSR count). The minimum atomic E-state index is 0.333. The summed E-state index contributed by atoms with van der Waals surface area (Å²) in [7, 11) is 0. The Bertz CT molecular complexity index is 394. The highest BCUT2D eigenvalue weighted by Gasteiger charge is 2.26. The van der Waals surface area contributed by atoms with Crippen molar-refractivity contribution in [3.8, 4) is 5.75 Å². The first-order chi connectivity index (χ1) is 8.06. The number of nitrogens with two attached hydrogens (primary N) is 1. The standard InChI is InChI=1S/C14H20BrNO/c1-9-3-5-12(7-10(9)2)17-14-8-11(16)4-6-13(14)15/h4,6,8-10,12H,3,5,7,16H2,1-2H3. The zero-order valence-corrected chi connectivity index (χ0v) is 12.0. The van der Waals surface area contributed by atoms with Crippen LogP contribution in [0, 0.1) is 11.8 Å². The van der Waals surface area contributed by atoms with E-state index in [-0.39, 0.29) is 0 Å². The Morgan fingerprint density at radius 1 is 1.24 bits per heavy atom. The highest BCUT2D eigenvalue weighted by Crippen LogP contribution is 2.34. The molecule has 0 radical (unpaired) electrons. The van der Waals surface area contributed by atoms with E-state index in [1.807, 2.05) is 18.2 Å². The third-order valence-corrected chi connectivity index (χ3v) is 4.45. The van der Waals surface area contributed by atoms with Crippen LogP contribution in [0.1, 0.15) is 33.1 Å². The molecule has 17 heavy (non-hydrogen) atoms. The lowest BCUT2D eigenvalue weighted by Crippen LogP contribution is -2.28. The van der Waals surface area contributed by atoms with Gasteiger partial charge >= 0.3 is 0 Å². The lowest BCUT2D eigenvalue weighted by Gasteiger charge is -2.32. The third-order valence-electron chi connectivity index (χ3n) is 3.80. The number of anilines is 1. The van der Waals surface area contributed by atoms with Crippen LogP contribution < -0.4 is 10.5 Å². The molecule has 1 aromatic carbocycles. The maximum Gasteiger partial charge on any atom is 0.135 e. The normalized spacial score (nSPS) is 29.0. The summed E-state index contributed by atoms with van der Waals surface area (Å²) in [6.45, 7) is 4.64. The Labute approximate surface area is 112 Å². The van der Waals surface area contributed by atoms with Crippen molar-refractivity contribution in [2.24, 2.45) is 11.8 Å². The van der Waals surface area contributed by atoms with Gasteiger partial charge in [-0.1, -0.05) is 13.8 Å². The molecule has 0 aliphatic heterocycles. The summed E-state index contributed by atoms with van der Waals surface area (Å²) >= 11 is 3.50. The number of nitrogen functional groups attached to an aromatic ring is 1. The molecule has 1 fully saturated rings. The second-order valence-corrected chi connectivity index (χ2v) is 6.05. The van der Waals surface area contributed by atoms with Crippen LogP contribution in [0.4, 0.5) is 5.69 Å². The molecule has 0 aromatic heterocycles. The van der Waals surface area contributed by atoms with Gasteiger partial charge in [0.25, 0.3) is 0 Å². The van der Waals surface area contributed by atoms with Crippen molar-refractivity contribution in [3.63, 3.8) is 0 Å². The van der Waals surface area contributed by atoms with Gasteiger partial charge in [0, 0.05) is 11.8 Å². The molecule has 0 spiro atoms. The second-order valence-electron chi connectivity index (χ2n) is 5.20. The number of rotatable bonds is 2. The Balaban J connectivity index is 2.03. The van der Waals surface area contributed by atoms with Gasteiger partial charge in [-0.15, -0.1) is 0 Å². The van der Waals surface area contributed by atoms with Crippen LogP contribution >= 0.6 is 15.9 Å². The zero-order valence-electron chi connectivity index (χ0n) is 10.4.